The third-order valence-electron chi connectivity index (χ3n) is 2.77. The molecule has 1 aliphatic carbocycles. The molecule has 2 nitrogen and oxygen atoms in total. The first-order chi connectivity index (χ1) is 6.27. The number of hydrogen-bond donors (Lipinski definition) is 0. The highest BCUT2D eigenvalue weighted by Crippen LogP contribution is 2.41. The van der Waals surface area contributed by atoms with Crippen LogP contribution in [0.25, 0.3) is 4.96 Å². The second-order valence-corrected chi connectivity index (χ2v) is 4.69. The van der Waals surface area contributed by atoms with Crippen LogP contribution in [0.3, 0.4) is 0 Å². The number of nitrogens with zero attached hydrogens (tertiary/aromatic N) is 2. The summed E-state index contributed by atoms with van der Waals surface area (Å²) in [6.07, 6.45) is 2.68. The highest BCUT2D eigenvalue weighted by atomic mass is 32.1. The Bertz CT molecular complexity index is 462. The van der Waals surface area contributed by atoms with Crippen molar-refractivity contribution in [3.05, 3.63) is 22.5 Å². The molecule has 0 N–H and O–H groups in total. The van der Waals surface area contributed by atoms with Crippen LogP contribution in [0, 0.1) is 13.8 Å². The van der Waals surface area contributed by atoms with Gasteiger partial charge >= 0.3 is 0 Å². The van der Waals surface area contributed by atoms with E-state index in [4.69, 9.17) is 0 Å². The molecule has 68 valence electrons. The minimum Gasteiger partial charge on any atom is -0.292 e. The summed E-state index contributed by atoms with van der Waals surface area (Å²) < 4.78 is 2.28. The van der Waals surface area contributed by atoms with Crippen LogP contribution < -0.4 is 0 Å². The van der Waals surface area contributed by atoms with Crippen molar-refractivity contribution in [2.24, 2.45) is 0 Å². The van der Waals surface area contributed by atoms with E-state index in [1.807, 2.05) is 0 Å². The van der Waals surface area contributed by atoms with Crippen LogP contribution in [0.1, 0.15) is 35.8 Å². The van der Waals surface area contributed by atoms with E-state index in [9.17, 15) is 0 Å². The van der Waals surface area contributed by atoms with Crippen LogP contribution in [0.4, 0.5) is 0 Å². The van der Waals surface area contributed by atoms with Crippen LogP contribution >= 0.6 is 11.3 Å². The third kappa shape index (κ3) is 0.967. The van der Waals surface area contributed by atoms with E-state index in [0.717, 1.165) is 10.9 Å². The Morgan fingerprint density at radius 1 is 1.46 bits per heavy atom. The van der Waals surface area contributed by atoms with Crippen LogP contribution in [0.15, 0.2) is 5.38 Å². The van der Waals surface area contributed by atoms with Gasteiger partial charge in [0.05, 0.1) is 5.69 Å². The Balaban J connectivity index is 2.31. The van der Waals surface area contributed by atoms with Gasteiger partial charge in [0.2, 0.25) is 0 Å². The summed E-state index contributed by atoms with van der Waals surface area (Å²) in [7, 11) is 0. The molecule has 0 bridgehead atoms. The molecule has 0 atom stereocenters. The molecule has 2 aromatic rings. The molecule has 2 heterocycles. The standard InChI is InChI=1S/C10H12N2S/c1-6-5-13-10-11-9(8-3-4-8)7(2)12(6)10/h5,8H,3-4H2,1-2H3. The predicted octanol–water partition coefficient (Wildman–Crippen LogP) is 2.89. The highest BCUT2D eigenvalue weighted by molar-refractivity contribution is 7.15. The summed E-state index contributed by atoms with van der Waals surface area (Å²) in [6, 6.07) is 0. The van der Waals surface area contributed by atoms with E-state index >= 15 is 0 Å². The molecule has 0 unspecified atom stereocenters. The number of thiazole rings is 1. The van der Waals surface area contributed by atoms with E-state index in [2.05, 4.69) is 28.6 Å². The minimum absolute atomic E-state index is 0.770. The molecule has 0 spiro atoms. The van der Waals surface area contributed by atoms with Crippen molar-refractivity contribution in [3.63, 3.8) is 0 Å². The van der Waals surface area contributed by atoms with Crippen LogP contribution in [-0.4, -0.2) is 9.38 Å². The van der Waals surface area contributed by atoms with Crippen molar-refractivity contribution in [1.29, 1.82) is 0 Å². The fourth-order valence-electron chi connectivity index (χ4n) is 1.92. The first-order valence-electron chi connectivity index (χ1n) is 4.70. The number of imidazole rings is 1. The Morgan fingerprint density at radius 2 is 2.23 bits per heavy atom. The Kier molecular flexibility index (Phi) is 1.37. The molecular formula is C10H12N2S. The summed E-state index contributed by atoms with van der Waals surface area (Å²) in [5, 5.41) is 2.17. The van der Waals surface area contributed by atoms with Gasteiger partial charge in [-0.2, -0.15) is 0 Å². The van der Waals surface area contributed by atoms with Gasteiger partial charge in [0.25, 0.3) is 0 Å². The summed E-state index contributed by atoms with van der Waals surface area (Å²) in [5.41, 5.74) is 4.02. The van der Waals surface area contributed by atoms with E-state index in [0.29, 0.717) is 0 Å². The maximum atomic E-state index is 4.68. The molecule has 1 fully saturated rings. The van der Waals surface area contributed by atoms with Crippen molar-refractivity contribution >= 4 is 16.3 Å². The lowest BCUT2D eigenvalue weighted by molar-refractivity contribution is 0.994. The maximum absolute atomic E-state index is 4.68. The minimum atomic E-state index is 0.770. The van der Waals surface area contributed by atoms with Gasteiger partial charge < -0.3 is 0 Å². The van der Waals surface area contributed by atoms with E-state index in [1.54, 1.807) is 11.3 Å². The normalized spacial score (nSPS) is 17.1. The molecule has 2 aromatic heterocycles. The van der Waals surface area contributed by atoms with Gasteiger partial charge in [0.1, 0.15) is 0 Å². The molecule has 0 aliphatic heterocycles. The zero-order valence-corrected chi connectivity index (χ0v) is 8.69. The smallest absolute Gasteiger partial charge is 0.194 e. The summed E-state index contributed by atoms with van der Waals surface area (Å²) in [4.78, 5) is 5.84. The highest BCUT2D eigenvalue weighted by Gasteiger charge is 2.29. The monoisotopic (exact) mass is 192 g/mol. The molecular weight excluding hydrogens is 180 g/mol. The van der Waals surface area contributed by atoms with E-state index < -0.39 is 0 Å². The van der Waals surface area contributed by atoms with E-state index in [-0.39, 0.29) is 0 Å². The number of fused-ring (bicyclic) bond motifs is 1. The van der Waals surface area contributed by atoms with Crippen LogP contribution in [-0.2, 0) is 0 Å². The molecule has 3 rings (SSSR count). The number of aryl methyl sites for hydroxylation is 2. The molecule has 0 amide bonds. The second-order valence-electron chi connectivity index (χ2n) is 3.85. The Morgan fingerprint density at radius 3 is 2.85 bits per heavy atom. The summed E-state index contributed by atoms with van der Waals surface area (Å²) in [6.45, 7) is 4.34. The molecule has 13 heavy (non-hydrogen) atoms. The average molecular weight is 192 g/mol. The van der Waals surface area contributed by atoms with Crippen molar-refractivity contribution < 1.29 is 0 Å². The largest absolute Gasteiger partial charge is 0.292 e. The van der Waals surface area contributed by atoms with Crippen LogP contribution in [0.5, 0.6) is 0 Å². The van der Waals surface area contributed by atoms with Crippen molar-refractivity contribution in [3.8, 4) is 0 Å². The van der Waals surface area contributed by atoms with Gasteiger partial charge in [-0.25, -0.2) is 4.98 Å². The topological polar surface area (TPSA) is 17.3 Å². The second kappa shape index (κ2) is 2.35. The van der Waals surface area contributed by atoms with Gasteiger partial charge in [0, 0.05) is 22.7 Å². The van der Waals surface area contributed by atoms with E-state index in [1.165, 1.54) is 29.9 Å². The summed E-state index contributed by atoms with van der Waals surface area (Å²) in [5.74, 6) is 0.770. The number of hydrogen-bond acceptors (Lipinski definition) is 2. The number of rotatable bonds is 1. The van der Waals surface area contributed by atoms with Crippen molar-refractivity contribution in [2.75, 3.05) is 0 Å². The molecule has 0 radical (unpaired) electrons. The molecule has 0 aromatic carbocycles. The zero-order valence-electron chi connectivity index (χ0n) is 7.87. The lowest BCUT2D eigenvalue weighted by Gasteiger charge is -1.95. The molecule has 0 saturated heterocycles. The quantitative estimate of drug-likeness (QED) is 0.679. The predicted molar refractivity (Wildman–Crippen MR) is 54.5 cm³/mol. The van der Waals surface area contributed by atoms with Gasteiger partial charge in [-0.1, -0.05) is 0 Å². The van der Waals surface area contributed by atoms with Gasteiger partial charge in [0.15, 0.2) is 4.96 Å². The lowest BCUT2D eigenvalue weighted by Crippen LogP contribution is -1.89. The summed E-state index contributed by atoms with van der Waals surface area (Å²) >= 11 is 1.75. The molecule has 1 aliphatic rings. The van der Waals surface area contributed by atoms with Gasteiger partial charge in [-0.15, -0.1) is 11.3 Å². The average Bonchev–Trinajstić information content (AvgIpc) is 2.80. The Labute approximate surface area is 81.2 Å². The Hall–Kier alpha value is -0.830. The first-order valence-corrected chi connectivity index (χ1v) is 5.58. The zero-order chi connectivity index (χ0) is 9.00. The van der Waals surface area contributed by atoms with Crippen molar-refractivity contribution in [2.45, 2.75) is 32.6 Å². The molecule has 3 heteroatoms. The van der Waals surface area contributed by atoms with Crippen molar-refractivity contribution in [1.82, 2.24) is 9.38 Å². The van der Waals surface area contributed by atoms with Crippen LogP contribution in [0.2, 0.25) is 0 Å². The first kappa shape index (κ1) is 7.56. The lowest BCUT2D eigenvalue weighted by atomic mass is 10.2. The van der Waals surface area contributed by atoms with Gasteiger partial charge in [-0.3, -0.25) is 4.40 Å². The number of aromatic nitrogens is 2. The SMILES string of the molecule is Cc1csc2nc(C3CC3)c(C)n12. The fraction of sp³-hybridized carbons (Fsp3) is 0.500. The third-order valence-corrected chi connectivity index (χ3v) is 3.71. The fourth-order valence-corrected chi connectivity index (χ4v) is 2.84. The van der Waals surface area contributed by atoms with Gasteiger partial charge in [-0.05, 0) is 26.7 Å². The molecule has 1 saturated carbocycles. The maximum Gasteiger partial charge on any atom is 0.194 e.